The van der Waals surface area contributed by atoms with Crippen LogP contribution >= 0.6 is 11.6 Å². The second-order valence-corrected chi connectivity index (χ2v) is 8.29. The van der Waals surface area contributed by atoms with Crippen LogP contribution in [0.5, 0.6) is 5.75 Å². The van der Waals surface area contributed by atoms with E-state index in [1.54, 1.807) is 7.11 Å². The van der Waals surface area contributed by atoms with Crippen molar-refractivity contribution in [1.82, 2.24) is 9.80 Å². The number of halogens is 1. The molecule has 0 amide bonds. The number of hydrogen-bond acceptors (Lipinski definition) is 4. The predicted octanol–water partition coefficient (Wildman–Crippen LogP) is 5.02. The van der Waals surface area contributed by atoms with Crippen LogP contribution in [0.15, 0.2) is 72.8 Å². The molecule has 0 radical (unpaired) electrons. The largest absolute Gasteiger partial charge is 0.495 e. The van der Waals surface area contributed by atoms with Crippen molar-refractivity contribution in [3.05, 3.63) is 88.9 Å². The average molecular weight is 435 g/mol. The molecular weight excluding hydrogens is 408 g/mol. The Bertz CT molecular complexity index is 1010. The van der Waals surface area contributed by atoms with Crippen molar-refractivity contribution in [1.29, 1.82) is 0 Å². The number of methoxy groups -OCH3 is 1. The molecule has 5 heteroatoms. The van der Waals surface area contributed by atoms with Gasteiger partial charge in [-0.2, -0.15) is 0 Å². The molecule has 4 rings (SSSR count). The third-order valence-corrected chi connectivity index (χ3v) is 6.06. The van der Waals surface area contributed by atoms with Crippen LogP contribution in [0.1, 0.15) is 15.9 Å². The smallest absolute Gasteiger partial charge is 0.176 e. The lowest BCUT2D eigenvalue weighted by Crippen LogP contribution is -2.47. The minimum Gasteiger partial charge on any atom is -0.495 e. The van der Waals surface area contributed by atoms with Crippen molar-refractivity contribution in [2.75, 3.05) is 39.8 Å². The molecule has 4 nitrogen and oxygen atoms in total. The molecule has 0 unspecified atom stereocenters. The summed E-state index contributed by atoms with van der Waals surface area (Å²) in [5.41, 5.74) is 4.24. The molecule has 31 heavy (non-hydrogen) atoms. The number of piperazine rings is 1. The first-order chi connectivity index (χ1) is 15.1. The Morgan fingerprint density at radius 1 is 0.871 bits per heavy atom. The van der Waals surface area contributed by atoms with Crippen LogP contribution in [0.4, 0.5) is 0 Å². The molecule has 3 aromatic carbocycles. The SMILES string of the molecule is COc1ccc(CN2CCN(CC(=O)c3ccc(-c4ccccc4)cc3)CC2)cc1Cl. The number of rotatable bonds is 7. The van der Waals surface area contributed by atoms with Crippen molar-refractivity contribution >= 4 is 17.4 Å². The number of nitrogens with zero attached hydrogens (tertiary/aromatic N) is 2. The molecule has 0 bridgehead atoms. The maximum atomic E-state index is 12.7. The highest BCUT2D eigenvalue weighted by Crippen LogP contribution is 2.25. The first kappa shape index (κ1) is 21.6. The molecule has 0 saturated carbocycles. The van der Waals surface area contributed by atoms with Crippen molar-refractivity contribution in [2.24, 2.45) is 0 Å². The van der Waals surface area contributed by atoms with Crippen LogP contribution in [-0.2, 0) is 6.54 Å². The molecule has 0 N–H and O–H groups in total. The van der Waals surface area contributed by atoms with Gasteiger partial charge in [-0.25, -0.2) is 0 Å². The number of hydrogen-bond donors (Lipinski definition) is 0. The van der Waals surface area contributed by atoms with E-state index >= 15 is 0 Å². The quantitative estimate of drug-likeness (QED) is 0.489. The lowest BCUT2D eigenvalue weighted by Gasteiger charge is -2.34. The minimum absolute atomic E-state index is 0.176. The van der Waals surface area contributed by atoms with E-state index in [1.165, 1.54) is 5.56 Å². The van der Waals surface area contributed by atoms with Gasteiger partial charge in [0.15, 0.2) is 5.78 Å². The Morgan fingerprint density at radius 2 is 1.52 bits per heavy atom. The molecule has 3 aromatic rings. The van der Waals surface area contributed by atoms with E-state index in [-0.39, 0.29) is 5.78 Å². The second kappa shape index (κ2) is 10.1. The van der Waals surface area contributed by atoms with Crippen molar-refractivity contribution in [2.45, 2.75) is 6.54 Å². The van der Waals surface area contributed by atoms with Gasteiger partial charge in [0.05, 0.1) is 18.7 Å². The number of carbonyl (C=O) groups excluding carboxylic acids is 1. The molecule has 1 heterocycles. The van der Waals surface area contributed by atoms with Gasteiger partial charge in [-0.15, -0.1) is 0 Å². The van der Waals surface area contributed by atoms with Gasteiger partial charge in [-0.1, -0.05) is 72.3 Å². The number of ketones is 1. The van der Waals surface area contributed by atoms with Gasteiger partial charge in [0.1, 0.15) is 5.75 Å². The summed E-state index contributed by atoms with van der Waals surface area (Å²) >= 11 is 6.24. The zero-order chi connectivity index (χ0) is 21.6. The molecule has 160 valence electrons. The van der Waals surface area contributed by atoms with Crippen LogP contribution in [0, 0.1) is 0 Å². The Hall–Kier alpha value is -2.66. The highest BCUT2D eigenvalue weighted by molar-refractivity contribution is 6.32. The van der Waals surface area contributed by atoms with E-state index in [4.69, 9.17) is 16.3 Å². The maximum absolute atomic E-state index is 12.7. The van der Waals surface area contributed by atoms with E-state index in [2.05, 4.69) is 28.0 Å². The number of benzene rings is 3. The van der Waals surface area contributed by atoms with Crippen LogP contribution in [-0.4, -0.2) is 55.4 Å². The molecule has 0 aromatic heterocycles. The monoisotopic (exact) mass is 434 g/mol. The standard InChI is InChI=1S/C26H27ClN2O2/c1-31-26-12-7-20(17-24(26)27)18-28-13-15-29(16-14-28)19-25(30)23-10-8-22(9-11-23)21-5-3-2-4-6-21/h2-12,17H,13-16,18-19H2,1H3. The summed E-state index contributed by atoms with van der Waals surface area (Å²) in [5, 5.41) is 0.641. The Balaban J connectivity index is 1.27. The van der Waals surface area contributed by atoms with Gasteiger partial charge in [0.25, 0.3) is 0 Å². The van der Waals surface area contributed by atoms with Gasteiger partial charge < -0.3 is 4.74 Å². The molecule has 0 spiro atoms. The summed E-state index contributed by atoms with van der Waals surface area (Å²) in [7, 11) is 1.62. The Labute approximate surface area is 189 Å². The number of ether oxygens (including phenoxy) is 1. The fraction of sp³-hybridized carbons (Fsp3) is 0.269. The lowest BCUT2D eigenvalue weighted by molar-refractivity contribution is 0.0844. The van der Waals surface area contributed by atoms with Crippen molar-refractivity contribution in [3.8, 4) is 16.9 Å². The number of carbonyl (C=O) groups is 1. The topological polar surface area (TPSA) is 32.8 Å². The predicted molar refractivity (Wildman–Crippen MR) is 126 cm³/mol. The fourth-order valence-electron chi connectivity index (χ4n) is 3.95. The molecule has 1 saturated heterocycles. The van der Waals surface area contributed by atoms with Gasteiger partial charge in [0.2, 0.25) is 0 Å². The lowest BCUT2D eigenvalue weighted by atomic mass is 10.0. The maximum Gasteiger partial charge on any atom is 0.176 e. The van der Waals surface area contributed by atoms with E-state index in [0.717, 1.165) is 49.4 Å². The summed E-state index contributed by atoms with van der Waals surface area (Å²) in [6.07, 6.45) is 0. The Morgan fingerprint density at radius 3 is 2.16 bits per heavy atom. The molecule has 1 fully saturated rings. The zero-order valence-corrected chi connectivity index (χ0v) is 18.5. The summed E-state index contributed by atoms with van der Waals surface area (Å²) < 4.78 is 5.22. The molecular formula is C26H27ClN2O2. The van der Waals surface area contributed by atoms with Crippen molar-refractivity contribution < 1.29 is 9.53 Å². The molecule has 0 aliphatic carbocycles. The normalized spacial score (nSPS) is 15.0. The van der Waals surface area contributed by atoms with Crippen molar-refractivity contribution in [3.63, 3.8) is 0 Å². The Kier molecular flexibility index (Phi) is 7.03. The summed E-state index contributed by atoms with van der Waals surface area (Å²) in [6.45, 7) is 4.96. The summed E-state index contributed by atoms with van der Waals surface area (Å²) in [6, 6.07) is 24.1. The third-order valence-electron chi connectivity index (χ3n) is 5.77. The van der Waals surface area contributed by atoms with Gasteiger partial charge >= 0.3 is 0 Å². The van der Waals surface area contributed by atoms with Gasteiger partial charge in [-0.3, -0.25) is 14.6 Å². The van der Waals surface area contributed by atoms with E-state index < -0.39 is 0 Å². The van der Waals surface area contributed by atoms with Crippen LogP contribution < -0.4 is 4.74 Å². The van der Waals surface area contributed by atoms with E-state index in [1.807, 2.05) is 54.6 Å². The highest BCUT2D eigenvalue weighted by Gasteiger charge is 2.20. The second-order valence-electron chi connectivity index (χ2n) is 7.89. The zero-order valence-electron chi connectivity index (χ0n) is 17.8. The summed E-state index contributed by atoms with van der Waals surface area (Å²) in [5.74, 6) is 0.876. The molecule has 1 aliphatic heterocycles. The minimum atomic E-state index is 0.176. The number of Topliss-reactive ketones (excluding diaryl/α,β-unsaturated/α-hetero) is 1. The van der Waals surface area contributed by atoms with Gasteiger partial charge in [0, 0.05) is 38.3 Å². The first-order valence-corrected chi connectivity index (χ1v) is 11.0. The third kappa shape index (κ3) is 5.53. The van der Waals surface area contributed by atoms with Gasteiger partial charge in [-0.05, 0) is 28.8 Å². The molecule has 0 atom stereocenters. The van der Waals surface area contributed by atoms with Crippen LogP contribution in [0.2, 0.25) is 5.02 Å². The summed E-state index contributed by atoms with van der Waals surface area (Å²) in [4.78, 5) is 17.4. The fourth-order valence-corrected chi connectivity index (χ4v) is 4.23. The van der Waals surface area contributed by atoms with Crippen LogP contribution in [0.25, 0.3) is 11.1 Å². The molecule has 1 aliphatic rings. The van der Waals surface area contributed by atoms with E-state index in [0.29, 0.717) is 17.3 Å². The first-order valence-electron chi connectivity index (χ1n) is 10.6. The van der Waals surface area contributed by atoms with Crippen LogP contribution in [0.3, 0.4) is 0 Å². The van der Waals surface area contributed by atoms with E-state index in [9.17, 15) is 4.79 Å². The highest BCUT2D eigenvalue weighted by atomic mass is 35.5. The average Bonchev–Trinajstić information content (AvgIpc) is 2.81.